The minimum absolute atomic E-state index is 0.465. The molecular weight excluding hydrogens is 202 g/mol. The molecule has 1 N–H and O–H groups in total. The molecule has 0 unspecified atom stereocenters. The van der Waals surface area contributed by atoms with Gasteiger partial charge in [0.25, 0.3) is 0 Å². The maximum absolute atomic E-state index is 5.40. The molecule has 4 heteroatoms. The number of fused-ring (bicyclic) bond motifs is 2. The van der Waals surface area contributed by atoms with Gasteiger partial charge < -0.3 is 9.84 Å². The van der Waals surface area contributed by atoms with Gasteiger partial charge in [-0.1, -0.05) is 19.0 Å². The van der Waals surface area contributed by atoms with Crippen LogP contribution in [0.15, 0.2) is 4.52 Å². The highest BCUT2D eigenvalue weighted by Gasteiger charge is 2.42. The average molecular weight is 221 g/mol. The van der Waals surface area contributed by atoms with Gasteiger partial charge in [-0.05, 0) is 25.2 Å². The van der Waals surface area contributed by atoms with Gasteiger partial charge in [-0.25, -0.2) is 0 Å². The maximum atomic E-state index is 5.40. The third-order valence-corrected chi connectivity index (χ3v) is 3.69. The molecule has 0 amide bonds. The van der Waals surface area contributed by atoms with Crippen molar-refractivity contribution >= 4 is 0 Å². The summed E-state index contributed by atoms with van der Waals surface area (Å²) in [5.74, 6) is 2.78. The molecule has 4 nitrogen and oxygen atoms in total. The van der Waals surface area contributed by atoms with Crippen LogP contribution in [0.5, 0.6) is 0 Å². The zero-order chi connectivity index (χ0) is 11.1. The molecule has 0 saturated carbocycles. The van der Waals surface area contributed by atoms with E-state index < -0.39 is 0 Å². The van der Waals surface area contributed by atoms with Crippen molar-refractivity contribution in [3.8, 4) is 0 Å². The van der Waals surface area contributed by atoms with Crippen molar-refractivity contribution in [2.75, 3.05) is 0 Å². The fourth-order valence-corrected chi connectivity index (χ4v) is 2.96. The lowest BCUT2D eigenvalue weighted by molar-refractivity contribution is 0.326. The second-order valence-electron chi connectivity index (χ2n) is 5.54. The summed E-state index contributed by atoms with van der Waals surface area (Å²) >= 11 is 0. The van der Waals surface area contributed by atoms with Gasteiger partial charge in [0.15, 0.2) is 5.82 Å². The van der Waals surface area contributed by atoms with Gasteiger partial charge in [-0.15, -0.1) is 0 Å². The van der Waals surface area contributed by atoms with Crippen LogP contribution in [0.25, 0.3) is 0 Å². The molecule has 1 aromatic rings. The van der Waals surface area contributed by atoms with Crippen LogP contribution in [0.4, 0.5) is 0 Å². The Bertz CT molecular complexity index is 374. The summed E-state index contributed by atoms with van der Waals surface area (Å²) in [7, 11) is 0. The van der Waals surface area contributed by atoms with Gasteiger partial charge in [0.05, 0.1) is 5.92 Å². The summed E-state index contributed by atoms with van der Waals surface area (Å²) in [4.78, 5) is 4.53. The molecule has 0 radical (unpaired) electrons. The summed E-state index contributed by atoms with van der Waals surface area (Å²) in [5.41, 5.74) is 0. The quantitative estimate of drug-likeness (QED) is 0.846. The molecular formula is C12H19N3O. The Labute approximate surface area is 95.8 Å². The van der Waals surface area contributed by atoms with E-state index in [2.05, 4.69) is 29.3 Å². The van der Waals surface area contributed by atoms with Crippen molar-refractivity contribution < 1.29 is 4.52 Å². The Kier molecular flexibility index (Phi) is 2.46. The first-order valence-corrected chi connectivity index (χ1v) is 6.31. The SMILES string of the molecule is CC(C)Cc1noc([C@H]2C[C@H]3CC[C@H]2N3)n1. The van der Waals surface area contributed by atoms with Crippen molar-refractivity contribution in [2.45, 2.75) is 57.5 Å². The van der Waals surface area contributed by atoms with Crippen LogP contribution < -0.4 is 5.32 Å². The van der Waals surface area contributed by atoms with Crippen LogP contribution in [0.2, 0.25) is 0 Å². The molecule has 0 spiro atoms. The Balaban J connectivity index is 1.73. The highest BCUT2D eigenvalue weighted by atomic mass is 16.5. The summed E-state index contributed by atoms with van der Waals surface area (Å²) in [6.07, 6.45) is 4.66. The van der Waals surface area contributed by atoms with E-state index in [-0.39, 0.29) is 0 Å². The number of nitrogens with zero attached hydrogens (tertiary/aromatic N) is 2. The molecule has 16 heavy (non-hydrogen) atoms. The molecule has 0 aromatic carbocycles. The van der Waals surface area contributed by atoms with Crippen molar-refractivity contribution in [3.05, 3.63) is 11.7 Å². The largest absolute Gasteiger partial charge is 0.339 e. The van der Waals surface area contributed by atoms with Crippen LogP contribution in [0, 0.1) is 5.92 Å². The fourth-order valence-electron chi connectivity index (χ4n) is 2.96. The van der Waals surface area contributed by atoms with Crippen molar-refractivity contribution in [1.82, 2.24) is 15.5 Å². The minimum atomic E-state index is 0.465. The third-order valence-electron chi connectivity index (χ3n) is 3.69. The predicted octanol–water partition coefficient (Wildman–Crippen LogP) is 1.88. The lowest BCUT2D eigenvalue weighted by Gasteiger charge is -2.15. The summed E-state index contributed by atoms with van der Waals surface area (Å²) in [5, 5.41) is 7.67. The van der Waals surface area contributed by atoms with E-state index in [9.17, 15) is 0 Å². The molecule has 3 atom stereocenters. The topological polar surface area (TPSA) is 51.0 Å². The molecule has 2 saturated heterocycles. The number of hydrogen-bond acceptors (Lipinski definition) is 4. The van der Waals surface area contributed by atoms with Crippen molar-refractivity contribution in [2.24, 2.45) is 5.92 Å². The van der Waals surface area contributed by atoms with E-state index in [1.54, 1.807) is 0 Å². The van der Waals surface area contributed by atoms with Gasteiger partial charge in [0, 0.05) is 18.5 Å². The molecule has 3 rings (SSSR count). The Morgan fingerprint density at radius 1 is 1.44 bits per heavy atom. The number of hydrogen-bond donors (Lipinski definition) is 1. The van der Waals surface area contributed by atoms with Crippen molar-refractivity contribution in [3.63, 3.8) is 0 Å². The molecule has 2 bridgehead atoms. The van der Waals surface area contributed by atoms with E-state index in [0.717, 1.165) is 18.1 Å². The Hall–Kier alpha value is -0.900. The third kappa shape index (κ3) is 1.75. The first-order valence-electron chi connectivity index (χ1n) is 6.31. The normalized spacial score (nSPS) is 32.8. The van der Waals surface area contributed by atoms with Crippen LogP contribution in [-0.2, 0) is 6.42 Å². The average Bonchev–Trinajstić information content (AvgIpc) is 2.89. The Morgan fingerprint density at radius 2 is 2.31 bits per heavy atom. The number of nitrogens with one attached hydrogen (secondary N) is 1. The monoisotopic (exact) mass is 221 g/mol. The number of aromatic nitrogens is 2. The van der Waals surface area contributed by atoms with E-state index in [1.807, 2.05) is 0 Å². The van der Waals surface area contributed by atoms with Crippen molar-refractivity contribution in [1.29, 1.82) is 0 Å². The summed E-state index contributed by atoms with van der Waals surface area (Å²) in [6.45, 7) is 4.35. The highest BCUT2D eigenvalue weighted by Crippen LogP contribution is 2.39. The summed E-state index contributed by atoms with van der Waals surface area (Å²) in [6, 6.07) is 1.27. The van der Waals surface area contributed by atoms with Gasteiger partial charge in [-0.2, -0.15) is 4.98 Å². The molecule has 0 aliphatic carbocycles. The second kappa shape index (κ2) is 3.84. The summed E-state index contributed by atoms with van der Waals surface area (Å²) < 4.78 is 5.40. The Morgan fingerprint density at radius 3 is 2.94 bits per heavy atom. The highest BCUT2D eigenvalue weighted by molar-refractivity contribution is 5.10. The first-order chi connectivity index (χ1) is 7.72. The molecule has 2 aliphatic heterocycles. The minimum Gasteiger partial charge on any atom is -0.339 e. The lowest BCUT2D eigenvalue weighted by Crippen LogP contribution is -2.21. The molecule has 2 aliphatic rings. The predicted molar refractivity (Wildman–Crippen MR) is 60.1 cm³/mol. The van der Waals surface area contributed by atoms with E-state index in [0.29, 0.717) is 23.9 Å². The number of rotatable bonds is 3. The lowest BCUT2D eigenvalue weighted by atomic mass is 9.89. The smallest absolute Gasteiger partial charge is 0.231 e. The van der Waals surface area contributed by atoms with E-state index in [4.69, 9.17) is 4.52 Å². The standard InChI is InChI=1S/C12H19N3O/c1-7(2)5-11-14-12(16-15-11)9-6-8-3-4-10(9)13-8/h7-10,13H,3-6H2,1-2H3/t8-,9+,10-/m1/s1. The van der Waals surface area contributed by atoms with Crippen LogP contribution in [0.1, 0.15) is 50.7 Å². The maximum Gasteiger partial charge on any atom is 0.231 e. The van der Waals surface area contributed by atoms with Crippen LogP contribution in [0.3, 0.4) is 0 Å². The van der Waals surface area contributed by atoms with Crippen LogP contribution in [-0.4, -0.2) is 22.2 Å². The van der Waals surface area contributed by atoms with Gasteiger partial charge in [0.2, 0.25) is 5.89 Å². The fraction of sp³-hybridized carbons (Fsp3) is 0.833. The van der Waals surface area contributed by atoms with E-state index >= 15 is 0 Å². The zero-order valence-corrected chi connectivity index (χ0v) is 9.94. The van der Waals surface area contributed by atoms with Gasteiger partial charge in [0.1, 0.15) is 0 Å². The van der Waals surface area contributed by atoms with Gasteiger partial charge >= 0.3 is 0 Å². The van der Waals surface area contributed by atoms with E-state index in [1.165, 1.54) is 19.3 Å². The molecule has 3 heterocycles. The first kappa shape index (κ1) is 10.3. The molecule has 2 fully saturated rings. The van der Waals surface area contributed by atoms with Gasteiger partial charge in [-0.3, -0.25) is 0 Å². The van der Waals surface area contributed by atoms with Crippen LogP contribution >= 0.6 is 0 Å². The molecule has 88 valence electrons. The zero-order valence-electron chi connectivity index (χ0n) is 9.94. The second-order valence-corrected chi connectivity index (χ2v) is 5.54. The molecule has 1 aromatic heterocycles.